The van der Waals surface area contributed by atoms with Crippen LogP contribution in [0.3, 0.4) is 0 Å². The molecule has 0 saturated carbocycles. The maximum absolute atomic E-state index is 11.6. The average Bonchev–Trinajstić information content (AvgIpc) is 2.32. The summed E-state index contributed by atoms with van der Waals surface area (Å²) in [5.41, 5.74) is 3.43. The molecule has 0 heterocycles. The van der Waals surface area contributed by atoms with Crippen LogP contribution in [0.4, 0.5) is 0 Å². The van der Waals surface area contributed by atoms with Gasteiger partial charge in [-0.3, -0.25) is 4.79 Å². The van der Waals surface area contributed by atoms with Crippen LogP contribution < -0.4 is 5.32 Å². The summed E-state index contributed by atoms with van der Waals surface area (Å²) in [5.74, 6) is -0.268. The number of ether oxygens (including phenoxy) is 2. The second-order valence-electron chi connectivity index (χ2n) is 3.95. The van der Waals surface area contributed by atoms with Crippen LogP contribution in [0.1, 0.15) is 16.7 Å². The lowest BCUT2D eigenvalue weighted by molar-refractivity contribution is -0.159. The van der Waals surface area contributed by atoms with E-state index < -0.39 is 6.29 Å². The Kier molecular flexibility index (Phi) is 5.12. The lowest BCUT2D eigenvalue weighted by atomic mass is 10.1. The van der Waals surface area contributed by atoms with Crippen LogP contribution in [0.15, 0.2) is 18.2 Å². The smallest absolute Gasteiger partial charge is 0.277 e. The molecule has 4 heteroatoms. The maximum Gasteiger partial charge on any atom is 0.277 e. The molecule has 0 aromatic heterocycles. The summed E-state index contributed by atoms with van der Waals surface area (Å²) in [6, 6.07) is 6.15. The van der Waals surface area contributed by atoms with E-state index in [-0.39, 0.29) is 5.91 Å². The zero-order chi connectivity index (χ0) is 12.8. The molecule has 17 heavy (non-hydrogen) atoms. The van der Waals surface area contributed by atoms with E-state index >= 15 is 0 Å². The highest BCUT2D eigenvalue weighted by Gasteiger charge is 2.15. The largest absolute Gasteiger partial charge is 0.348 e. The van der Waals surface area contributed by atoms with Gasteiger partial charge in [0.2, 0.25) is 6.29 Å². The quantitative estimate of drug-likeness (QED) is 0.790. The molecule has 0 aliphatic carbocycles. The number of benzene rings is 1. The van der Waals surface area contributed by atoms with Gasteiger partial charge in [0, 0.05) is 20.8 Å². The minimum Gasteiger partial charge on any atom is -0.348 e. The van der Waals surface area contributed by atoms with Crippen LogP contribution in [0.25, 0.3) is 0 Å². The number of carbonyl (C=O) groups excluding carboxylic acids is 1. The molecule has 94 valence electrons. The van der Waals surface area contributed by atoms with Crippen molar-refractivity contribution < 1.29 is 14.3 Å². The van der Waals surface area contributed by atoms with Gasteiger partial charge in [-0.15, -0.1) is 0 Å². The molecule has 4 nitrogen and oxygen atoms in total. The summed E-state index contributed by atoms with van der Waals surface area (Å²) in [7, 11) is 2.87. The van der Waals surface area contributed by atoms with Crippen molar-refractivity contribution in [3.8, 4) is 0 Å². The molecule has 1 rings (SSSR count). The average molecular weight is 237 g/mol. The van der Waals surface area contributed by atoms with Gasteiger partial charge in [-0.05, 0) is 25.0 Å². The van der Waals surface area contributed by atoms with E-state index in [1.54, 1.807) is 0 Å². The lowest BCUT2D eigenvalue weighted by Crippen LogP contribution is -2.36. The molecule has 0 aliphatic rings. The van der Waals surface area contributed by atoms with Crippen molar-refractivity contribution >= 4 is 5.91 Å². The number of nitrogens with one attached hydrogen (secondary N) is 1. The van der Waals surface area contributed by atoms with Gasteiger partial charge in [0.15, 0.2) is 0 Å². The zero-order valence-electron chi connectivity index (χ0n) is 10.7. The number of rotatable bonds is 5. The van der Waals surface area contributed by atoms with Gasteiger partial charge in [-0.25, -0.2) is 0 Å². The third-order valence-electron chi connectivity index (χ3n) is 2.60. The molecule has 0 fully saturated rings. The molecule has 1 aromatic rings. The number of methoxy groups -OCH3 is 2. The van der Waals surface area contributed by atoms with Gasteiger partial charge < -0.3 is 14.8 Å². The molecular weight excluding hydrogens is 218 g/mol. The molecule has 0 bridgehead atoms. The van der Waals surface area contributed by atoms with E-state index in [9.17, 15) is 4.79 Å². The number of carbonyl (C=O) groups is 1. The van der Waals surface area contributed by atoms with Crippen LogP contribution in [0, 0.1) is 13.8 Å². The normalized spacial score (nSPS) is 10.6. The minimum atomic E-state index is -0.847. The van der Waals surface area contributed by atoms with E-state index in [4.69, 9.17) is 9.47 Å². The fraction of sp³-hybridized carbons (Fsp3) is 0.462. The first-order chi connectivity index (χ1) is 8.08. The van der Waals surface area contributed by atoms with E-state index in [1.165, 1.54) is 19.8 Å². The maximum atomic E-state index is 11.6. The zero-order valence-corrected chi connectivity index (χ0v) is 10.7. The molecule has 0 aliphatic heterocycles. The number of hydrogen-bond donors (Lipinski definition) is 1. The van der Waals surface area contributed by atoms with E-state index in [1.807, 2.05) is 26.0 Å². The number of hydrogen-bond acceptors (Lipinski definition) is 3. The highest BCUT2D eigenvalue weighted by Crippen LogP contribution is 2.10. The summed E-state index contributed by atoms with van der Waals surface area (Å²) < 4.78 is 9.74. The van der Waals surface area contributed by atoms with Gasteiger partial charge in [0.25, 0.3) is 5.91 Å². The second kappa shape index (κ2) is 6.37. The van der Waals surface area contributed by atoms with Crippen LogP contribution in [-0.2, 0) is 20.8 Å². The van der Waals surface area contributed by atoms with Gasteiger partial charge in [0.05, 0.1) is 0 Å². The molecule has 0 unspecified atom stereocenters. The van der Waals surface area contributed by atoms with E-state index in [0.717, 1.165) is 11.1 Å². The van der Waals surface area contributed by atoms with Crippen molar-refractivity contribution in [1.82, 2.24) is 5.32 Å². The molecular formula is C13H19NO3. The van der Waals surface area contributed by atoms with E-state index in [0.29, 0.717) is 6.54 Å². The predicted molar refractivity (Wildman–Crippen MR) is 65.6 cm³/mol. The van der Waals surface area contributed by atoms with Crippen molar-refractivity contribution in [3.63, 3.8) is 0 Å². The summed E-state index contributed by atoms with van der Waals surface area (Å²) in [4.78, 5) is 11.6. The Hall–Kier alpha value is -1.39. The minimum absolute atomic E-state index is 0.268. The van der Waals surface area contributed by atoms with Gasteiger partial charge in [0.1, 0.15) is 0 Å². The monoisotopic (exact) mass is 237 g/mol. The second-order valence-corrected chi connectivity index (χ2v) is 3.95. The fourth-order valence-electron chi connectivity index (χ4n) is 1.57. The molecule has 1 amide bonds. The van der Waals surface area contributed by atoms with Gasteiger partial charge in [-0.1, -0.05) is 23.8 Å². The molecule has 1 aromatic carbocycles. The molecule has 1 N–H and O–H groups in total. The first kappa shape index (κ1) is 13.7. The van der Waals surface area contributed by atoms with E-state index in [2.05, 4.69) is 11.4 Å². The third kappa shape index (κ3) is 3.84. The SMILES string of the molecule is COC(OC)C(=O)NCc1cc(C)ccc1C. The van der Waals surface area contributed by atoms with Crippen LogP contribution >= 0.6 is 0 Å². The Morgan fingerprint density at radius 2 is 1.94 bits per heavy atom. The van der Waals surface area contributed by atoms with Crippen molar-refractivity contribution in [1.29, 1.82) is 0 Å². The van der Waals surface area contributed by atoms with Crippen molar-refractivity contribution in [3.05, 3.63) is 34.9 Å². The Morgan fingerprint density at radius 1 is 1.29 bits per heavy atom. The standard InChI is InChI=1S/C13H19NO3/c1-9-5-6-10(2)11(7-9)8-14-12(15)13(16-3)17-4/h5-7,13H,8H2,1-4H3,(H,14,15). The first-order valence-electron chi connectivity index (χ1n) is 5.48. The Morgan fingerprint density at radius 3 is 2.53 bits per heavy atom. The molecule has 0 saturated heterocycles. The summed E-state index contributed by atoms with van der Waals surface area (Å²) in [6.45, 7) is 4.53. The Balaban J connectivity index is 2.61. The molecule has 0 spiro atoms. The predicted octanol–water partition coefficient (Wildman–Crippen LogP) is 1.54. The van der Waals surface area contributed by atoms with Crippen LogP contribution in [-0.4, -0.2) is 26.4 Å². The summed E-state index contributed by atoms with van der Waals surface area (Å²) in [6.07, 6.45) is -0.847. The molecule has 0 atom stereocenters. The van der Waals surface area contributed by atoms with Crippen molar-refractivity contribution in [2.24, 2.45) is 0 Å². The number of aryl methyl sites for hydroxylation is 2. The topological polar surface area (TPSA) is 47.6 Å². The van der Waals surface area contributed by atoms with Crippen molar-refractivity contribution in [2.75, 3.05) is 14.2 Å². The highest BCUT2D eigenvalue weighted by molar-refractivity contribution is 5.79. The first-order valence-corrected chi connectivity index (χ1v) is 5.48. The van der Waals surface area contributed by atoms with Crippen LogP contribution in [0.2, 0.25) is 0 Å². The van der Waals surface area contributed by atoms with Crippen LogP contribution in [0.5, 0.6) is 0 Å². The van der Waals surface area contributed by atoms with Gasteiger partial charge in [-0.2, -0.15) is 0 Å². The van der Waals surface area contributed by atoms with Crippen molar-refractivity contribution in [2.45, 2.75) is 26.7 Å². The number of amides is 1. The van der Waals surface area contributed by atoms with Gasteiger partial charge >= 0.3 is 0 Å². The molecule has 0 radical (unpaired) electrons. The third-order valence-corrected chi connectivity index (χ3v) is 2.60. The Labute approximate surface area is 102 Å². The summed E-state index contributed by atoms with van der Waals surface area (Å²) in [5, 5.41) is 2.78. The Bertz CT molecular complexity index is 386. The fourth-order valence-corrected chi connectivity index (χ4v) is 1.57. The highest BCUT2D eigenvalue weighted by atomic mass is 16.7. The lowest BCUT2D eigenvalue weighted by Gasteiger charge is -2.14. The summed E-state index contributed by atoms with van der Waals surface area (Å²) >= 11 is 0.